The number of rotatable bonds is 6. The molecule has 0 radical (unpaired) electrons. The van der Waals surface area contributed by atoms with E-state index in [2.05, 4.69) is 24.4 Å². The molecule has 1 aromatic rings. The van der Waals surface area contributed by atoms with Gasteiger partial charge in [0.1, 0.15) is 0 Å². The molecule has 0 bridgehead atoms. The summed E-state index contributed by atoms with van der Waals surface area (Å²) < 4.78 is 0. The van der Waals surface area contributed by atoms with Gasteiger partial charge in [0.25, 0.3) is 0 Å². The van der Waals surface area contributed by atoms with Gasteiger partial charge in [0.15, 0.2) is 0 Å². The number of hydrogen-bond donors (Lipinski definition) is 1. The summed E-state index contributed by atoms with van der Waals surface area (Å²) in [7, 11) is 0. The highest BCUT2D eigenvalue weighted by molar-refractivity contribution is 6.30. The molecule has 1 aromatic carbocycles. The summed E-state index contributed by atoms with van der Waals surface area (Å²) in [6, 6.07) is 8.30. The Labute approximate surface area is 103 Å². The van der Waals surface area contributed by atoms with Crippen LogP contribution in [0.3, 0.4) is 0 Å². The van der Waals surface area contributed by atoms with Crippen molar-refractivity contribution in [3.63, 3.8) is 0 Å². The van der Waals surface area contributed by atoms with Gasteiger partial charge in [0, 0.05) is 5.02 Å². The molecular formula is C14H20ClN. The van der Waals surface area contributed by atoms with Crippen LogP contribution in [0.4, 0.5) is 0 Å². The SMILES string of the molecule is CCNCC(Cc1ccc(Cl)cc1)C1CC1. The molecule has 0 heterocycles. The average Bonchev–Trinajstić information content (AvgIpc) is 3.11. The average molecular weight is 238 g/mol. The van der Waals surface area contributed by atoms with E-state index in [1.165, 1.54) is 24.8 Å². The fourth-order valence-electron chi connectivity index (χ4n) is 2.23. The molecule has 1 N–H and O–H groups in total. The van der Waals surface area contributed by atoms with Gasteiger partial charge in [-0.2, -0.15) is 0 Å². The molecule has 1 nitrogen and oxygen atoms in total. The van der Waals surface area contributed by atoms with E-state index < -0.39 is 0 Å². The van der Waals surface area contributed by atoms with Crippen molar-refractivity contribution in [2.75, 3.05) is 13.1 Å². The van der Waals surface area contributed by atoms with E-state index in [-0.39, 0.29) is 0 Å². The van der Waals surface area contributed by atoms with E-state index in [0.717, 1.165) is 29.9 Å². The zero-order valence-electron chi connectivity index (χ0n) is 9.88. The highest BCUT2D eigenvalue weighted by Gasteiger charge is 2.30. The molecule has 0 spiro atoms. The molecule has 1 fully saturated rings. The Morgan fingerprint density at radius 3 is 2.56 bits per heavy atom. The maximum Gasteiger partial charge on any atom is 0.0406 e. The molecule has 1 saturated carbocycles. The van der Waals surface area contributed by atoms with Crippen LogP contribution in [0.1, 0.15) is 25.3 Å². The van der Waals surface area contributed by atoms with Crippen molar-refractivity contribution >= 4 is 11.6 Å². The Kier molecular flexibility index (Phi) is 4.25. The summed E-state index contributed by atoms with van der Waals surface area (Å²) in [6.07, 6.45) is 4.03. The van der Waals surface area contributed by atoms with Gasteiger partial charge in [0.05, 0.1) is 0 Å². The lowest BCUT2D eigenvalue weighted by Gasteiger charge is -2.16. The molecule has 1 aliphatic carbocycles. The lowest BCUT2D eigenvalue weighted by atomic mass is 9.95. The van der Waals surface area contributed by atoms with Crippen LogP contribution in [0.5, 0.6) is 0 Å². The van der Waals surface area contributed by atoms with Crippen LogP contribution >= 0.6 is 11.6 Å². The van der Waals surface area contributed by atoms with Crippen LogP contribution in [-0.2, 0) is 6.42 Å². The van der Waals surface area contributed by atoms with Crippen LogP contribution in [0.15, 0.2) is 24.3 Å². The normalized spacial score (nSPS) is 17.4. The third kappa shape index (κ3) is 3.50. The van der Waals surface area contributed by atoms with Crippen molar-refractivity contribution in [3.05, 3.63) is 34.9 Å². The van der Waals surface area contributed by atoms with Crippen molar-refractivity contribution in [3.8, 4) is 0 Å². The van der Waals surface area contributed by atoms with Crippen molar-refractivity contribution in [1.82, 2.24) is 5.32 Å². The van der Waals surface area contributed by atoms with Crippen molar-refractivity contribution in [2.45, 2.75) is 26.2 Å². The van der Waals surface area contributed by atoms with Crippen molar-refractivity contribution in [2.24, 2.45) is 11.8 Å². The first-order chi connectivity index (χ1) is 7.79. The van der Waals surface area contributed by atoms with Gasteiger partial charge >= 0.3 is 0 Å². The Morgan fingerprint density at radius 2 is 2.00 bits per heavy atom. The van der Waals surface area contributed by atoms with Crippen molar-refractivity contribution in [1.29, 1.82) is 0 Å². The summed E-state index contributed by atoms with van der Waals surface area (Å²) in [5.74, 6) is 1.76. The van der Waals surface area contributed by atoms with Gasteiger partial charge in [-0.25, -0.2) is 0 Å². The minimum Gasteiger partial charge on any atom is -0.317 e. The summed E-state index contributed by atoms with van der Waals surface area (Å²) in [5.41, 5.74) is 1.42. The van der Waals surface area contributed by atoms with Gasteiger partial charge in [-0.05, 0) is 61.9 Å². The largest absolute Gasteiger partial charge is 0.317 e. The Balaban J connectivity index is 1.91. The van der Waals surface area contributed by atoms with E-state index in [0.29, 0.717) is 0 Å². The van der Waals surface area contributed by atoms with Crippen LogP contribution in [0.2, 0.25) is 5.02 Å². The quantitative estimate of drug-likeness (QED) is 0.799. The monoisotopic (exact) mass is 237 g/mol. The third-order valence-corrected chi connectivity index (χ3v) is 3.61. The van der Waals surface area contributed by atoms with Crippen LogP contribution in [0, 0.1) is 11.8 Å². The molecule has 0 amide bonds. The van der Waals surface area contributed by atoms with E-state index in [1.54, 1.807) is 0 Å². The van der Waals surface area contributed by atoms with Crippen LogP contribution in [0.25, 0.3) is 0 Å². The summed E-state index contributed by atoms with van der Waals surface area (Å²) in [5, 5.41) is 4.31. The minimum atomic E-state index is 0.807. The van der Waals surface area contributed by atoms with Crippen molar-refractivity contribution < 1.29 is 0 Å². The standard InChI is InChI=1S/C14H20ClN/c1-2-16-10-13(12-5-6-12)9-11-3-7-14(15)8-4-11/h3-4,7-8,12-13,16H,2,5-6,9-10H2,1H3. The third-order valence-electron chi connectivity index (χ3n) is 3.36. The van der Waals surface area contributed by atoms with Crippen LogP contribution in [-0.4, -0.2) is 13.1 Å². The number of hydrogen-bond acceptors (Lipinski definition) is 1. The number of nitrogens with one attached hydrogen (secondary N) is 1. The second kappa shape index (κ2) is 5.70. The molecule has 88 valence electrons. The molecular weight excluding hydrogens is 218 g/mol. The first-order valence-corrected chi connectivity index (χ1v) is 6.62. The molecule has 2 rings (SSSR count). The highest BCUT2D eigenvalue weighted by Crippen LogP contribution is 2.38. The molecule has 2 heteroatoms. The number of halogens is 1. The van der Waals surface area contributed by atoms with E-state index in [4.69, 9.17) is 11.6 Å². The molecule has 0 aromatic heterocycles. The van der Waals surface area contributed by atoms with Gasteiger partial charge in [-0.1, -0.05) is 30.7 Å². The zero-order valence-corrected chi connectivity index (χ0v) is 10.6. The Hall–Kier alpha value is -0.530. The molecule has 0 saturated heterocycles. The van der Waals surface area contributed by atoms with E-state index in [9.17, 15) is 0 Å². The maximum atomic E-state index is 5.89. The Morgan fingerprint density at radius 1 is 1.31 bits per heavy atom. The second-order valence-corrected chi connectivity index (χ2v) is 5.17. The predicted molar refractivity (Wildman–Crippen MR) is 69.9 cm³/mol. The fraction of sp³-hybridized carbons (Fsp3) is 0.571. The summed E-state index contributed by atoms with van der Waals surface area (Å²) in [6.45, 7) is 4.40. The molecule has 1 unspecified atom stereocenters. The topological polar surface area (TPSA) is 12.0 Å². The minimum absolute atomic E-state index is 0.807. The van der Waals surface area contributed by atoms with E-state index in [1.807, 2.05) is 12.1 Å². The van der Waals surface area contributed by atoms with Gasteiger partial charge in [-0.15, -0.1) is 0 Å². The van der Waals surface area contributed by atoms with Crippen LogP contribution < -0.4 is 5.32 Å². The zero-order chi connectivity index (χ0) is 11.4. The van der Waals surface area contributed by atoms with Gasteiger partial charge < -0.3 is 5.32 Å². The molecule has 16 heavy (non-hydrogen) atoms. The first-order valence-electron chi connectivity index (χ1n) is 6.24. The lowest BCUT2D eigenvalue weighted by molar-refractivity contribution is 0.429. The lowest BCUT2D eigenvalue weighted by Crippen LogP contribution is -2.25. The maximum absolute atomic E-state index is 5.89. The summed E-state index contributed by atoms with van der Waals surface area (Å²) in [4.78, 5) is 0. The highest BCUT2D eigenvalue weighted by atomic mass is 35.5. The Bertz CT molecular complexity index is 316. The molecule has 1 aliphatic rings. The van der Waals surface area contributed by atoms with Gasteiger partial charge in [-0.3, -0.25) is 0 Å². The van der Waals surface area contributed by atoms with Gasteiger partial charge in [0.2, 0.25) is 0 Å². The molecule has 0 aliphatic heterocycles. The fourth-order valence-corrected chi connectivity index (χ4v) is 2.35. The smallest absolute Gasteiger partial charge is 0.0406 e. The second-order valence-electron chi connectivity index (χ2n) is 4.74. The predicted octanol–water partition coefficient (Wildman–Crippen LogP) is 3.52. The summed E-state index contributed by atoms with van der Waals surface area (Å²) >= 11 is 5.89. The van der Waals surface area contributed by atoms with E-state index >= 15 is 0 Å². The number of benzene rings is 1. The molecule has 1 atom stereocenters. The first kappa shape index (κ1) is 11.9.